The average Bonchev–Trinajstić information content (AvgIpc) is 2.97. The molecule has 9 heteroatoms. The van der Waals surface area contributed by atoms with Crippen molar-refractivity contribution < 1.29 is 33.8 Å². The van der Waals surface area contributed by atoms with Gasteiger partial charge in [0, 0.05) is 0 Å². The van der Waals surface area contributed by atoms with Crippen LogP contribution in [0.1, 0.15) is 24.0 Å². The molecule has 3 N–H and O–H groups in total. The number of esters is 2. The van der Waals surface area contributed by atoms with Gasteiger partial charge in [-0.2, -0.15) is 0 Å². The van der Waals surface area contributed by atoms with Crippen LogP contribution >= 0.6 is 0 Å². The molecule has 0 aromatic heterocycles. The van der Waals surface area contributed by atoms with E-state index >= 15 is 0 Å². The van der Waals surface area contributed by atoms with E-state index in [1.165, 1.54) is 6.08 Å². The molecule has 2 aromatic carbocycles. The number of aliphatic hydroxyl groups excluding tert-OH is 1. The van der Waals surface area contributed by atoms with Gasteiger partial charge in [0.15, 0.2) is 6.04 Å². The number of methoxy groups -OCH3 is 1. The van der Waals surface area contributed by atoms with E-state index in [0.717, 1.165) is 18.2 Å². The lowest BCUT2D eigenvalue weighted by atomic mass is 9.96. The van der Waals surface area contributed by atoms with Crippen molar-refractivity contribution in [1.82, 2.24) is 10.6 Å². The van der Waals surface area contributed by atoms with Crippen LogP contribution in [-0.4, -0.2) is 61.3 Å². The first kappa shape index (κ1) is 32.0. The van der Waals surface area contributed by atoms with E-state index in [9.17, 15) is 24.3 Å². The average molecular weight is 551 g/mol. The highest BCUT2D eigenvalue weighted by molar-refractivity contribution is 6.01. The molecule has 0 radical (unpaired) electrons. The molecule has 2 amide bonds. The summed E-state index contributed by atoms with van der Waals surface area (Å²) >= 11 is 0. The lowest BCUT2D eigenvalue weighted by molar-refractivity contribution is -0.155. The van der Waals surface area contributed by atoms with Gasteiger partial charge in [0.1, 0.15) is 12.5 Å². The number of carbonyl (C=O) groups excluding carboxylic acids is 4. The van der Waals surface area contributed by atoms with Crippen LogP contribution in [0.25, 0.3) is 0 Å². The molecule has 2 rings (SSSR count). The standard InChI is InChI=1S/C31H38N2O7/c1-4-12-24(18-22-14-8-6-9-15-22)30(37)40-21-27(31(38)39-3)33-29(36)26(13-5-2)28(35)32-25(20-34)19-23-16-10-7-11-17-23/h4-11,14-17,24-27,34H,1-2,12-13,18-21H2,3H3,(H,32,35)(H,33,36)/t24-,25+,26?,27+/m0/s1. The Kier molecular flexibility index (Phi) is 13.9. The summed E-state index contributed by atoms with van der Waals surface area (Å²) in [6.45, 7) is 6.51. The number of allylic oxidation sites excluding steroid dienone is 2. The quantitative estimate of drug-likeness (QED) is 0.157. The van der Waals surface area contributed by atoms with Gasteiger partial charge in [-0.3, -0.25) is 14.4 Å². The Hall–Kier alpha value is -4.24. The van der Waals surface area contributed by atoms with Crippen LogP contribution in [-0.2, 0) is 41.5 Å². The summed E-state index contributed by atoms with van der Waals surface area (Å²) in [6, 6.07) is 16.7. The Labute approximate surface area is 235 Å². The van der Waals surface area contributed by atoms with Gasteiger partial charge in [0.2, 0.25) is 11.8 Å². The summed E-state index contributed by atoms with van der Waals surface area (Å²) in [7, 11) is 1.14. The van der Waals surface area contributed by atoms with Crippen LogP contribution in [0.4, 0.5) is 0 Å². The summed E-state index contributed by atoms with van der Waals surface area (Å²) in [6.07, 6.45) is 4.14. The fourth-order valence-electron chi connectivity index (χ4n) is 4.09. The predicted octanol–water partition coefficient (Wildman–Crippen LogP) is 2.53. The molecule has 9 nitrogen and oxygen atoms in total. The van der Waals surface area contributed by atoms with Crippen LogP contribution in [0.15, 0.2) is 86.0 Å². The molecule has 0 spiro atoms. The van der Waals surface area contributed by atoms with Crippen molar-refractivity contribution in [2.45, 2.75) is 37.8 Å². The van der Waals surface area contributed by atoms with Crippen LogP contribution in [0, 0.1) is 11.8 Å². The highest BCUT2D eigenvalue weighted by Crippen LogP contribution is 2.15. The van der Waals surface area contributed by atoms with Crippen molar-refractivity contribution in [3.63, 3.8) is 0 Å². The summed E-state index contributed by atoms with van der Waals surface area (Å²) < 4.78 is 10.2. The molecule has 0 saturated carbocycles. The van der Waals surface area contributed by atoms with Crippen LogP contribution < -0.4 is 10.6 Å². The summed E-state index contributed by atoms with van der Waals surface area (Å²) in [4.78, 5) is 51.4. The molecule has 2 aromatic rings. The first-order valence-electron chi connectivity index (χ1n) is 13.1. The minimum atomic E-state index is -1.33. The Bertz CT molecular complexity index is 1120. The zero-order valence-corrected chi connectivity index (χ0v) is 22.8. The van der Waals surface area contributed by atoms with Crippen LogP contribution in [0.2, 0.25) is 0 Å². The number of nitrogens with one attached hydrogen (secondary N) is 2. The minimum absolute atomic E-state index is 0.0205. The smallest absolute Gasteiger partial charge is 0.331 e. The van der Waals surface area contributed by atoms with Gasteiger partial charge >= 0.3 is 11.9 Å². The Morgan fingerprint density at radius 1 is 0.825 bits per heavy atom. The molecule has 0 aliphatic rings. The molecule has 4 atom stereocenters. The van der Waals surface area contributed by atoms with Gasteiger partial charge in [-0.25, -0.2) is 4.79 Å². The molecule has 0 saturated heterocycles. The Morgan fingerprint density at radius 3 is 1.90 bits per heavy atom. The number of rotatable bonds is 17. The monoisotopic (exact) mass is 550 g/mol. The van der Waals surface area contributed by atoms with Gasteiger partial charge in [-0.1, -0.05) is 72.8 Å². The van der Waals surface area contributed by atoms with Crippen molar-refractivity contribution in [2.75, 3.05) is 20.3 Å². The molecule has 214 valence electrons. The van der Waals surface area contributed by atoms with E-state index in [-0.39, 0.29) is 13.0 Å². The van der Waals surface area contributed by atoms with Gasteiger partial charge in [-0.15, -0.1) is 13.2 Å². The van der Waals surface area contributed by atoms with E-state index in [0.29, 0.717) is 19.3 Å². The lowest BCUT2D eigenvalue weighted by Crippen LogP contribution is -2.52. The van der Waals surface area contributed by atoms with Crippen LogP contribution in [0.5, 0.6) is 0 Å². The molecule has 0 bridgehead atoms. The molecule has 1 unspecified atom stereocenters. The van der Waals surface area contributed by atoms with Crippen molar-refractivity contribution >= 4 is 23.8 Å². The topological polar surface area (TPSA) is 131 Å². The minimum Gasteiger partial charge on any atom is -0.467 e. The van der Waals surface area contributed by atoms with Crippen molar-refractivity contribution in [3.05, 3.63) is 97.1 Å². The second-order valence-electron chi connectivity index (χ2n) is 9.28. The first-order chi connectivity index (χ1) is 19.3. The molecular weight excluding hydrogens is 512 g/mol. The van der Waals surface area contributed by atoms with E-state index in [1.807, 2.05) is 60.7 Å². The molecule has 0 aliphatic carbocycles. The van der Waals surface area contributed by atoms with Crippen LogP contribution in [0.3, 0.4) is 0 Å². The normalized spacial score (nSPS) is 13.6. The molecule has 0 heterocycles. The zero-order chi connectivity index (χ0) is 29.3. The first-order valence-corrected chi connectivity index (χ1v) is 13.1. The molecule has 0 aliphatic heterocycles. The van der Waals surface area contributed by atoms with Gasteiger partial charge in [0.05, 0.1) is 25.7 Å². The van der Waals surface area contributed by atoms with E-state index < -0.39 is 54.3 Å². The molecular formula is C31H38N2O7. The third-order valence-corrected chi connectivity index (χ3v) is 6.23. The lowest BCUT2D eigenvalue weighted by Gasteiger charge is -2.23. The number of hydrogen-bond donors (Lipinski definition) is 3. The van der Waals surface area contributed by atoms with Crippen molar-refractivity contribution in [2.24, 2.45) is 11.8 Å². The number of carbonyl (C=O) groups is 4. The number of ether oxygens (including phenoxy) is 2. The van der Waals surface area contributed by atoms with Gasteiger partial charge in [-0.05, 0) is 36.8 Å². The maximum atomic E-state index is 13.1. The van der Waals surface area contributed by atoms with Gasteiger partial charge in [0.25, 0.3) is 0 Å². The van der Waals surface area contributed by atoms with Crippen molar-refractivity contribution in [1.29, 1.82) is 0 Å². The highest BCUT2D eigenvalue weighted by atomic mass is 16.5. The summed E-state index contributed by atoms with van der Waals surface area (Å²) in [5.74, 6) is -4.57. The third kappa shape index (κ3) is 10.5. The SMILES string of the molecule is C=CCC(C(=O)N[C@@H](CO)Cc1ccccc1)C(=O)N[C@H](COC(=O)[C@@H](CC=C)Cc1ccccc1)C(=O)OC. The van der Waals surface area contributed by atoms with E-state index in [2.05, 4.69) is 23.8 Å². The number of aliphatic hydroxyl groups is 1. The highest BCUT2D eigenvalue weighted by Gasteiger charge is 2.32. The summed E-state index contributed by atoms with van der Waals surface area (Å²) in [5, 5.41) is 14.9. The fourth-order valence-corrected chi connectivity index (χ4v) is 4.09. The Balaban J connectivity index is 2.06. The van der Waals surface area contributed by atoms with E-state index in [1.54, 1.807) is 6.08 Å². The largest absolute Gasteiger partial charge is 0.467 e. The van der Waals surface area contributed by atoms with Gasteiger partial charge < -0.3 is 25.2 Å². The number of hydrogen-bond acceptors (Lipinski definition) is 7. The second-order valence-corrected chi connectivity index (χ2v) is 9.28. The molecule has 40 heavy (non-hydrogen) atoms. The zero-order valence-electron chi connectivity index (χ0n) is 22.8. The number of amides is 2. The fraction of sp³-hybridized carbons (Fsp3) is 0.355. The third-order valence-electron chi connectivity index (χ3n) is 6.23. The second kappa shape index (κ2) is 17.4. The number of benzene rings is 2. The van der Waals surface area contributed by atoms with E-state index in [4.69, 9.17) is 9.47 Å². The maximum Gasteiger partial charge on any atom is 0.331 e. The van der Waals surface area contributed by atoms with Crippen molar-refractivity contribution in [3.8, 4) is 0 Å². The maximum absolute atomic E-state index is 13.1. The molecule has 0 fully saturated rings. The predicted molar refractivity (Wildman–Crippen MR) is 151 cm³/mol. The summed E-state index contributed by atoms with van der Waals surface area (Å²) in [5.41, 5.74) is 1.84. The Morgan fingerprint density at radius 2 is 1.38 bits per heavy atom.